The van der Waals surface area contributed by atoms with Crippen LogP contribution in [0.15, 0.2) is 54.7 Å². The zero-order chi connectivity index (χ0) is 17.1. The van der Waals surface area contributed by atoms with Crippen molar-refractivity contribution in [3.05, 3.63) is 77.4 Å². The molecule has 0 unspecified atom stereocenters. The molecule has 6 heteroatoms. The van der Waals surface area contributed by atoms with Gasteiger partial charge in [-0.15, -0.1) is 0 Å². The third kappa shape index (κ3) is 3.24. The number of ether oxygens (including phenoxy) is 1. The summed E-state index contributed by atoms with van der Waals surface area (Å²) in [4.78, 5) is 18.6. The van der Waals surface area contributed by atoms with Gasteiger partial charge in [0.2, 0.25) is 0 Å². The number of hydrogen-bond acceptors (Lipinski definition) is 4. The number of amides is 1. The molecular formula is C19H18N4O2. The van der Waals surface area contributed by atoms with Gasteiger partial charge in [-0.25, -0.2) is 0 Å². The van der Waals surface area contributed by atoms with E-state index in [1.807, 2.05) is 41.3 Å². The van der Waals surface area contributed by atoms with Crippen LogP contribution in [-0.2, 0) is 19.6 Å². The molecule has 1 aliphatic heterocycles. The van der Waals surface area contributed by atoms with Crippen molar-refractivity contribution < 1.29 is 9.53 Å². The molecule has 1 aromatic carbocycles. The predicted molar refractivity (Wildman–Crippen MR) is 92.0 cm³/mol. The number of fused-ring (bicyclic) bond motifs is 1. The predicted octanol–water partition coefficient (Wildman–Crippen LogP) is 2.58. The summed E-state index contributed by atoms with van der Waals surface area (Å²) in [6, 6.07) is 15.0. The van der Waals surface area contributed by atoms with Crippen LogP contribution in [0, 0.1) is 0 Å². The van der Waals surface area contributed by atoms with E-state index in [1.165, 1.54) is 0 Å². The first-order valence-corrected chi connectivity index (χ1v) is 8.24. The molecule has 0 radical (unpaired) electrons. The highest BCUT2D eigenvalue weighted by atomic mass is 16.5. The summed E-state index contributed by atoms with van der Waals surface area (Å²) in [5.74, 6) is 0.749. The molecule has 0 bridgehead atoms. The lowest BCUT2D eigenvalue weighted by Crippen LogP contribution is -2.36. The van der Waals surface area contributed by atoms with Crippen LogP contribution in [-0.4, -0.2) is 32.5 Å². The van der Waals surface area contributed by atoms with E-state index in [4.69, 9.17) is 4.74 Å². The minimum atomic E-state index is -0.0534. The minimum absolute atomic E-state index is 0.0534. The molecule has 0 fully saturated rings. The number of benzene rings is 1. The number of nitrogens with zero attached hydrogens (tertiary/aromatic N) is 3. The van der Waals surface area contributed by atoms with Gasteiger partial charge in [0.05, 0.1) is 0 Å². The number of hydrogen-bond donors (Lipinski definition) is 1. The lowest BCUT2D eigenvalue weighted by atomic mass is 10.1. The van der Waals surface area contributed by atoms with Crippen molar-refractivity contribution in [3.8, 4) is 5.75 Å². The molecule has 0 saturated heterocycles. The number of carbonyl (C=O) groups is 1. The fraction of sp³-hybridized carbons (Fsp3) is 0.211. The van der Waals surface area contributed by atoms with E-state index >= 15 is 0 Å². The number of nitrogens with one attached hydrogen (secondary N) is 1. The molecule has 3 aromatic rings. The Kier molecular flexibility index (Phi) is 4.16. The molecule has 3 heterocycles. The topological polar surface area (TPSA) is 71.1 Å². The van der Waals surface area contributed by atoms with Crippen LogP contribution in [0.25, 0.3) is 0 Å². The first kappa shape index (κ1) is 15.4. The average molecular weight is 334 g/mol. The fourth-order valence-electron chi connectivity index (χ4n) is 2.97. The largest absolute Gasteiger partial charge is 0.487 e. The van der Waals surface area contributed by atoms with Crippen molar-refractivity contribution in [2.24, 2.45) is 0 Å². The second kappa shape index (κ2) is 6.76. The van der Waals surface area contributed by atoms with E-state index in [2.05, 4.69) is 15.2 Å². The van der Waals surface area contributed by atoms with Crippen LogP contribution < -0.4 is 4.74 Å². The van der Waals surface area contributed by atoms with Gasteiger partial charge in [-0.1, -0.05) is 24.3 Å². The van der Waals surface area contributed by atoms with Gasteiger partial charge in [0.15, 0.2) is 0 Å². The SMILES string of the molecule is O=C(c1ccccn1)N1CCc2[nH]nc(COc3ccccc3)c2C1. The standard InChI is InChI=1S/C19H18N4O2/c24-19(17-8-4-5-10-20-17)23-11-9-16-15(12-23)18(22-21-16)13-25-14-6-2-1-3-7-14/h1-8,10H,9,11-13H2,(H,21,22). The molecule has 4 rings (SSSR count). The van der Waals surface area contributed by atoms with Gasteiger partial charge in [0.25, 0.3) is 5.91 Å². The van der Waals surface area contributed by atoms with Crippen LogP contribution >= 0.6 is 0 Å². The zero-order valence-corrected chi connectivity index (χ0v) is 13.7. The highest BCUT2D eigenvalue weighted by molar-refractivity contribution is 5.92. The summed E-state index contributed by atoms with van der Waals surface area (Å²) in [7, 11) is 0. The first-order chi connectivity index (χ1) is 12.3. The molecule has 0 aliphatic carbocycles. The van der Waals surface area contributed by atoms with Crippen molar-refractivity contribution in [2.45, 2.75) is 19.6 Å². The summed E-state index contributed by atoms with van der Waals surface area (Å²) in [6.07, 6.45) is 2.39. The monoisotopic (exact) mass is 334 g/mol. The molecular weight excluding hydrogens is 316 g/mol. The van der Waals surface area contributed by atoms with Crippen LogP contribution in [0.2, 0.25) is 0 Å². The molecule has 1 aliphatic rings. The van der Waals surface area contributed by atoms with Crippen LogP contribution in [0.5, 0.6) is 5.75 Å². The molecule has 2 aromatic heterocycles. The van der Waals surface area contributed by atoms with Gasteiger partial charge >= 0.3 is 0 Å². The molecule has 0 spiro atoms. The molecule has 1 N–H and O–H groups in total. The lowest BCUT2D eigenvalue weighted by Gasteiger charge is -2.26. The van der Waals surface area contributed by atoms with Gasteiger partial charge in [-0.2, -0.15) is 5.10 Å². The van der Waals surface area contributed by atoms with E-state index in [0.717, 1.165) is 29.1 Å². The summed E-state index contributed by atoms with van der Waals surface area (Å²) < 4.78 is 5.80. The van der Waals surface area contributed by atoms with Crippen molar-refractivity contribution >= 4 is 5.91 Å². The van der Waals surface area contributed by atoms with Crippen LogP contribution in [0.1, 0.15) is 27.4 Å². The molecule has 25 heavy (non-hydrogen) atoms. The maximum atomic E-state index is 12.6. The second-order valence-electron chi connectivity index (χ2n) is 5.92. The third-order valence-electron chi connectivity index (χ3n) is 4.31. The minimum Gasteiger partial charge on any atom is -0.487 e. The summed E-state index contributed by atoms with van der Waals surface area (Å²) in [5.41, 5.74) is 3.44. The van der Waals surface area contributed by atoms with Crippen LogP contribution in [0.3, 0.4) is 0 Å². The number of aromatic amines is 1. The number of H-pyrrole nitrogens is 1. The van der Waals surface area contributed by atoms with E-state index in [0.29, 0.717) is 25.4 Å². The Labute approximate surface area is 145 Å². The van der Waals surface area contributed by atoms with Gasteiger partial charge in [0, 0.05) is 37.0 Å². The van der Waals surface area contributed by atoms with Gasteiger partial charge in [-0.05, 0) is 24.3 Å². The van der Waals surface area contributed by atoms with Crippen LogP contribution in [0.4, 0.5) is 0 Å². The third-order valence-corrected chi connectivity index (χ3v) is 4.31. The first-order valence-electron chi connectivity index (χ1n) is 8.24. The van der Waals surface area contributed by atoms with Crippen molar-refractivity contribution in [1.82, 2.24) is 20.1 Å². The maximum Gasteiger partial charge on any atom is 0.272 e. The van der Waals surface area contributed by atoms with E-state index in [-0.39, 0.29) is 5.91 Å². The smallest absolute Gasteiger partial charge is 0.272 e. The van der Waals surface area contributed by atoms with Gasteiger partial charge < -0.3 is 9.64 Å². The molecule has 126 valence electrons. The Morgan fingerprint density at radius 1 is 1.16 bits per heavy atom. The quantitative estimate of drug-likeness (QED) is 0.796. The van der Waals surface area contributed by atoms with Gasteiger partial charge in [0.1, 0.15) is 23.7 Å². The number of para-hydroxylation sites is 1. The number of aromatic nitrogens is 3. The van der Waals surface area contributed by atoms with E-state index in [1.54, 1.807) is 18.3 Å². The summed E-state index contributed by atoms with van der Waals surface area (Å²) >= 11 is 0. The molecule has 1 amide bonds. The van der Waals surface area contributed by atoms with E-state index < -0.39 is 0 Å². The van der Waals surface area contributed by atoms with E-state index in [9.17, 15) is 4.79 Å². The summed E-state index contributed by atoms with van der Waals surface area (Å²) in [6.45, 7) is 1.56. The number of pyridine rings is 1. The van der Waals surface area contributed by atoms with Crippen molar-refractivity contribution in [1.29, 1.82) is 0 Å². The highest BCUT2D eigenvalue weighted by Crippen LogP contribution is 2.23. The Morgan fingerprint density at radius 2 is 2.00 bits per heavy atom. The Balaban J connectivity index is 1.49. The molecule has 6 nitrogen and oxygen atoms in total. The maximum absolute atomic E-state index is 12.6. The lowest BCUT2D eigenvalue weighted by molar-refractivity contribution is 0.0727. The Morgan fingerprint density at radius 3 is 2.80 bits per heavy atom. The average Bonchev–Trinajstić information content (AvgIpc) is 3.09. The van der Waals surface area contributed by atoms with Crippen molar-refractivity contribution in [3.63, 3.8) is 0 Å². The Hall–Kier alpha value is -3.15. The number of carbonyl (C=O) groups excluding carboxylic acids is 1. The fourth-order valence-corrected chi connectivity index (χ4v) is 2.97. The highest BCUT2D eigenvalue weighted by Gasteiger charge is 2.26. The van der Waals surface area contributed by atoms with Crippen molar-refractivity contribution in [2.75, 3.05) is 6.54 Å². The zero-order valence-electron chi connectivity index (χ0n) is 13.7. The van der Waals surface area contributed by atoms with Gasteiger partial charge in [-0.3, -0.25) is 14.9 Å². The molecule has 0 saturated carbocycles. The normalized spacial score (nSPS) is 13.4. The second-order valence-corrected chi connectivity index (χ2v) is 5.92. The number of rotatable bonds is 4. The molecule has 0 atom stereocenters. The Bertz CT molecular complexity index is 862. The summed E-state index contributed by atoms with van der Waals surface area (Å²) in [5, 5.41) is 7.45.